The van der Waals surface area contributed by atoms with E-state index in [1.807, 2.05) is 47.7 Å². The maximum Gasteiger partial charge on any atom is 0.164 e. The van der Waals surface area contributed by atoms with Crippen LogP contribution in [-0.2, 0) is 0 Å². The van der Waals surface area contributed by atoms with Gasteiger partial charge in [-0.2, -0.15) is 0 Å². The lowest BCUT2D eigenvalue weighted by molar-refractivity contribution is 0.669. The zero-order valence-electron chi connectivity index (χ0n) is 30.3. The molecule has 0 saturated carbocycles. The Hall–Kier alpha value is -7.41. The van der Waals surface area contributed by atoms with E-state index in [0.717, 1.165) is 82.8 Å². The third kappa shape index (κ3) is 5.26. The van der Waals surface area contributed by atoms with Crippen LogP contribution in [0.2, 0.25) is 0 Å². The average Bonchev–Trinajstić information content (AvgIpc) is 3.97. The van der Waals surface area contributed by atoms with Crippen LogP contribution in [0.1, 0.15) is 0 Å². The predicted octanol–water partition coefficient (Wildman–Crippen LogP) is 14.4. The monoisotopic (exact) mass is 747 g/mol. The summed E-state index contributed by atoms with van der Waals surface area (Å²) in [6.45, 7) is 0. The van der Waals surface area contributed by atoms with Gasteiger partial charge in [-0.3, -0.25) is 0 Å². The zero-order valence-corrected chi connectivity index (χ0v) is 31.1. The first kappa shape index (κ1) is 31.9. The lowest BCUT2D eigenvalue weighted by Crippen LogP contribution is -2.00. The van der Waals surface area contributed by atoms with Gasteiger partial charge < -0.3 is 8.83 Å². The number of hydrogen-bond donors (Lipinski definition) is 0. The van der Waals surface area contributed by atoms with Crippen molar-refractivity contribution in [3.05, 3.63) is 176 Å². The molecular formula is C51H29N3O2S. The summed E-state index contributed by atoms with van der Waals surface area (Å²) in [5.74, 6) is 1.70. The van der Waals surface area contributed by atoms with Crippen molar-refractivity contribution in [1.29, 1.82) is 0 Å². The minimum absolute atomic E-state index is 0.557. The van der Waals surface area contributed by atoms with Crippen molar-refractivity contribution in [2.45, 2.75) is 0 Å². The van der Waals surface area contributed by atoms with Crippen LogP contribution in [0.3, 0.4) is 0 Å². The maximum absolute atomic E-state index is 6.64. The van der Waals surface area contributed by atoms with Gasteiger partial charge in [0.1, 0.15) is 22.3 Å². The molecule has 266 valence electrons. The number of aromatic nitrogens is 3. The average molecular weight is 748 g/mol. The number of furan rings is 2. The molecule has 0 aliphatic rings. The normalized spacial score (nSPS) is 11.9. The van der Waals surface area contributed by atoms with E-state index in [1.54, 1.807) is 0 Å². The molecule has 0 spiro atoms. The Morgan fingerprint density at radius 2 is 0.860 bits per heavy atom. The summed E-state index contributed by atoms with van der Waals surface area (Å²) in [5.41, 5.74) is 10.2. The molecule has 0 amide bonds. The molecule has 0 unspecified atom stereocenters. The molecule has 0 saturated heterocycles. The van der Waals surface area contributed by atoms with Gasteiger partial charge in [0.2, 0.25) is 0 Å². The van der Waals surface area contributed by atoms with Gasteiger partial charge in [0.05, 0.1) is 0 Å². The SMILES string of the molecule is c1ccc(-c2cccc3c2oc2cc(-c4nc(-c5cccc(-c6ccc7sc8ccccc8c7c6)c5)nc(-c5ccc6c(c5)oc5ccccc56)n4)ccc23)cc1. The standard InChI is InChI=1S/C51H29N3O2S/c1-2-10-30(11-3-1)36-16-9-17-41-39-24-21-35(29-45(39)56-48(36)41)51-53-49(52-50(54-51)34-20-23-38-37-14-4-6-18-43(37)55-44(38)28-34)33-13-8-12-31(26-33)32-22-25-47-42(27-32)40-15-5-7-19-46(40)57-47/h1-29H. The highest BCUT2D eigenvalue weighted by Gasteiger charge is 2.18. The number of para-hydroxylation sites is 2. The van der Waals surface area contributed by atoms with E-state index >= 15 is 0 Å². The van der Waals surface area contributed by atoms with Crippen molar-refractivity contribution < 1.29 is 8.83 Å². The molecule has 57 heavy (non-hydrogen) atoms. The molecule has 0 aliphatic carbocycles. The van der Waals surface area contributed by atoms with Gasteiger partial charge >= 0.3 is 0 Å². The van der Waals surface area contributed by atoms with Gasteiger partial charge in [-0.15, -0.1) is 11.3 Å². The van der Waals surface area contributed by atoms with Gasteiger partial charge in [-0.25, -0.2) is 15.0 Å². The van der Waals surface area contributed by atoms with Gasteiger partial charge in [0, 0.05) is 64.0 Å². The summed E-state index contributed by atoms with van der Waals surface area (Å²) in [6, 6.07) is 61.0. The Labute approximate surface area is 330 Å². The van der Waals surface area contributed by atoms with Crippen LogP contribution in [0, 0.1) is 0 Å². The van der Waals surface area contributed by atoms with E-state index in [1.165, 1.54) is 20.2 Å². The molecule has 0 radical (unpaired) electrons. The molecule has 0 atom stereocenters. The van der Waals surface area contributed by atoms with Crippen molar-refractivity contribution in [3.63, 3.8) is 0 Å². The molecule has 8 aromatic carbocycles. The fraction of sp³-hybridized carbons (Fsp3) is 0. The first-order valence-electron chi connectivity index (χ1n) is 18.9. The first-order chi connectivity index (χ1) is 28.2. The van der Waals surface area contributed by atoms with E-state index < -0.39 is 0 Å². The quantitative estimate of drug-likeness (QED) is 0.175. The summed E-state index contributed by atoms with van der Waals surface area (Å²) < 4.78 is 15.5. The van der Waals surface area contributed by atoms with Gasteiger partial charge in [0.25, 0.3) is 0 Å². The van der Waals surface area contributed by atoms with Crippen LogP contribution in [0.25, 0.3) is 120 Å². The minimum Gasteiger partial charge on any atom is -0.456 e. The first-order valence-corrected chi connectivity index (χ1v) is 19.7. The summed E-state index contributed by atoms with van der Waals surface area (Å²) in [4.78, 5) is 15.4. The van der Waals surface area contributed by atoms with Gasteiger partial charge in [-0.05, 0) is 71.3 Å². The Kier molecular flexibility index (Phi) is 7.03. The van der Waals surface area contributed by atoms with E-state index in [-0.39, 0.29) is 0 Å². The summed E-state index contributed by atoms with van der Waals surface area (Å²) in [7, 11) is 0. The predicted molar refractivity (Wildman–Crippen MR) is 234 cm³/mol. The van der Waals surface area contributed by atoms with Crippen LogP contribution < -0.4 is 0 Å². The Bertz CT molecular complexity index is 3540. The van der Waals surface area contributed by atoms with E-state index in [9.17, 15) is 0 Å². The van der Waals surface area contributed by atoms with Gasteiger partial charge in [0.15, 0.2) is 17.5 Å². The molecule has 0 N–H and O–H groups in total. The Balaban J connectivity index is 1.02. The molecule has 4 aromatic heterocycles. The number of benzene rings is 8. The van der Waals surface area contributed by atoms with E-state index in [2.05, 4.69) is 140 Å². The van der Waals surface area contributed by atoms with Crippen molar-refractivity contribution in [2.24, 2.45) is 0 Å². The second kappa shape index (κ2) is 12.6. The van der Waals surface area contributed by atoms with Gasteiger partial charge in [-0.1, -0.05) is 121 Å². The summed E-state index contributed by atoms with van der Waals surface area (Å²) in [5, 5.41) is 6.79. The van der Waals surface area contributed by atoms with E-state index in [4.69, 9.17) is 23.8 Å². The van der Waals surface area contributed by atoms with Crippen LogP contribution in [-0.4, -0.2) is 15.0 Å². The summed E-state index contributed by atoms with van der Waals surface area (Å²) >= 11 is 1.83. The second-order valence-corrected chi connectivity index (χ2v) is 15.5. The van der Waals surface area contributed by atoms with Crippen molar-refractivity contribution in [1.82, 2.24) is 15.0 Å². The van der Waals surface area contributed by atoms with Crippen molar-refractivity contribution in [2.75, 3.05) is 0 Å². The molecule has 12 aromatic rings. The molecule has 4 heterocycles. The third-order valence-electron chi connectivity index (χ3n) is 10.9. The fourth-order valence-corrected chi connectivity index (χ4v) is 9.24. The number of rotatable bonds is 5. The Morgan fingerprint density at radius 1 is 0.316 bits per heavy atom. The minimum atomic E-state index is 0.557. The molecule has 6 heteroatoms. The largest absolute Gasteiger partial charge is 0.456 e. The zero-order chi connectivity index (χ0) is 37.5. The van der Waals surface area contributed by atoms with Crippen LogP contribution >= 0.6 is 11.3 Å². The topological polar surface area (TPSA) is 65.0 Å². The molecule has 0 aliphatic heterocycles. The fourth-order valence-electron chi connectivity index (χ4n) is 8.15. The van der Waals surface area contributed by atoms with Crippen LogP contribution in [0.15, 0.2) is 185 Å². The summed E-state index contributed by atoms with van der Waals surface area (Å²) in [6.07, 6.45) is 0. The van der Waals surface area contributed by atoms with Crippen LogP contribution in [0.5, 0.6) is 0 Å². The molecule has 5 nitrogen and oxygen atoms in total. The molecule has 12 rings (SSSR count). The van der Waals surface area contributed by atoms with E-state index in [0.29, 0.717) is 17.5 Å². The molecular weight excluding hydrogens is 719 g/mol. The molecule has 0 bridgehead atoms. The maximum atomic E-state index is 6.64. The number of thiophene rings is 1. The highest BCUT2D eigenvalue weighted by molar-refractivity contribution is 7.25. The highest BCUT2D eigenvalue weighted by Crippen LogP contribution is 2.40. The Morgan fingerprint density at radius 3 is 1.67 bits per heavy atom. The lowest BCUT2D eigenvalue weighted by atomic mass is 10.0. The number of hydrogen-bond acceptors (Lipinski definition) is 6. The smallest absolute Gasteiger partial charge is 0.164 e. The third-order valence-corrected chi connectivity index (χ3v) is 12.1. The van der Waals surface area contributed by atoms with Crippen LogP contribution in [0.4, 0.5) is 0 Å². The van der Waals surface area contributed by atoms with Crippen molar-refractivity contribution in [3.8, 4) is 56.4 Å². The molecule has 0 fully saturated rings. The number of fused-ring (bicyclic) bond motifs is 9. The van der Waals surface area contributed by atoms with Crippen molar-refractivity contribution >= 4 is 75.4 Å². The number of nitrogens with zero attached hydrogens (tertiary/aromatic N) is 3. The lowest BCUT2D eigenvalue weighted by Gasteiger charge is -2.10. The second-order valence-electron chi connectivity index (χ2n) is 14.4. The highest BCUT2D eigenvalue weighted by atomic mass is 32.1.